The van der Waals surface area contributed by atoms with Gasteiger partial charge in [-0.05, 0) is 68.6 Å². The standard InChI is InChI=1S/C23H28FN3O4S/c1-2-31-21-12-17(24)5-8-22(21)32(29,30)18-6-3-15(4-7-18)13-26-23(28)20-11-16-14-25-10-9-19(16)27-20/h3-8,12,16,19-20,25,27H,2,9-11,13-14H2,1H3,(H,26,28). The molecule has 2 aromatic carbocycles. The van der Waals surface area contributed by atoms with E-state index >= 15 is 0 Å². The summed E-state index contributed by atoms with van der Waals surface area (Å²) < 4.78 is 44.9. The molecule has 0 aromatic heterocycles. The number of amides is 1. The molecule has 172 valence electrons. The lowest BCUT2D eigenvalue weighted by atomic mass is 9.94. The maximum Gasteiger partial charge on any atom is 0.237 e. The van der Waals surface area contributed by atoms with Gasteiger partial charge in [0.1, 0.15) is 16.5 Å². The predicted molar refractivity (Wildman–Crippen MR) is 118 cm³/mol. The van der Waals surface area contributed by atoms with Crippen LogP contribution < -0.4 is 20.7 Å². The van der Waals surface area contributed by atoms with Crippen LogP contribution in [0, 0.1) is 11.7 Å². The number of carbonyl (C=O) groups is 1. The largest absolute Gasteiger partial charge is 0.492 e. The van der Waals surface area contributed by atoms with Crippen molar-refractivity contribution in [1.29, 1.82) is 0 Å². The average Bonchev–Trinajstić information content (AvgIpc) is 3.22. The summed E-state index contributed by atoms with van der Waals surface area (Å²) in [5, 5.41) is 9.73. The molecule has 1 amide bonds. The van der Waals surface area contributed by atoms with E-state index in [9.17, 15) is 17.6 Å². The fourth-order valence-electron chi connectivity index (χ4n) is 4.40. The third-order valence-corrected chi connectivity index (χ3v) is 7.88. The van der Waals surface area contributed by atoms with Crippen LogP contribution in [0.15, 0.2) is 52.3 Å². The third kappa shape index (κ3) is 4.79. The Labute approximate surface area is 187 Å². The Balaban J connectivity index is 1.40. The summed E-state index contributed by atoms with van der Waals surface area (Å²) in [5.41, 5.74) is 0.790. The van der Waals surface area contributed by atoms with Gasteiger partial charge in [0.2, 0.25) is 15.7 Å². The van der Waals surface area contributed by atoms with Crippen LogP contribution in [0.1, 0.15) is 25.3 Å². The van der Waals surface area contributed by atoms with Gasteiger partial charge in [-0.2, -0.15) is 0 Å². The van der Waals surface area contributed by atoms with Crippen molar-refractivity contribution >= 4 is 15.7 Å². The number of carbonyl (C=O) groups excluding carboxylic acids is 1. The molecule has 2 fully saturated rings. The molecular formula is C23H28FN3O4S. The number of halogens is 1. The minimum Gasteiger partial charge on any atom is -0.492 e. The Bertz CT molecular complexity index is 1060. The Kier molecular flexibility index (Phi) is 6.78. The zero-order chi connectivity index (χ0) is 22.7. The summed E-state index contributed by atoms with van der Waals surface area (Å²) in [4.78, 5) is 12.6. The van der Waals surface area contributed by atoms with Crippen molar-refractivity contribution in [2.24, 2.45) is 5.92 Å². The van der Waals surface area contributed by atoms with E-state index in [-0.39, 0.29) is 34.1 Å². The van der Waals surface area contributed by atoms with Crippen molar-refractivity contribution < 1.29 is 22.3 Å². The van der Waals surface area contributed by atoms with E-state index < -0.39 is 15.7 Å². The van der Waals surface area contributed by atoms with Crippen molar-refractivity contribution in [3.8, 4) is 5.75 Å². The van der Waals surface area contributed by atoms with Gasteiger partial charge < -0.3 is 20.7 Å². The Hall–Kier alpha value is -2.49. The average molecular weight is 462 g/mol. The molecule has 0 bridgehead atoms. The quantitative estimate of drug-likeness (QED) is 0.546. The molecule has 0 radical (unpaired) electrons. The minimum atomic E-state index is -3.88. The molecule has 0 aliphatic carbocycles. The molecule has 3 unspecified atom stereocenters. The number of ether oxygens (including phenoxy) is 1. The lowest BCUT2D eigenvalue weighted by molar-refractivity contribution is -0.123. The molecule has 9 heteroatoms. The molecule has 3 atom stereocenters. The summed E-state index contributed by atoms with van der Waals surface area (Å²) in [6, 6.07) is 9.90. The van der Waals surface area contributed by atoms with Crippen molar-refractivity contribution in [2.45, 2.75) is 48.2 Å². The highest BCUT2D eigenvalue weighted by Crippen LogP contribution is 2.30. The van der Waals surface area contributed by atoms with Crippen LogP contribution in [0.25, 0.3) is 0 Å². The summed E-state index contributed by atoms with van der Waals surface area (Å²) in [5.74, 6) is -0.129. The van der Waals surface area contributed by atoms with Crippen LogP contribution in [-0.2, 0) is 21.2 Å². The maximum absolute atomic E-state index is 13.5. The van der Waals surface area contributed by atoms with Gasteiger partial charge in [-0.15, -0.1) is 0 Å². The number of fused-ring (bicyclic) bond motifs is 1. The lowest BCUT2D eigenvalue weighted by Gasteiger charge is -2.25. The highest BCUT2D eigenvalue weighted by molar-refractivity contribution is 7.91. The first-order chi connectivity index (χ1) is 15.4. The Morgan fingerprint density at radius 1 is 1.22 bits per heavy atom. The first kappa shape index (κ1) is 22.7. The van der Waals surface area contributed by atoms with E-state index in [0.717, 1.165) is 43.6 Å². The molecule has 0 saturated carbocycles. The van der Waals surface area contributed by atoms with Gasteiger partial charge >= 0.3 is 0 Å². The number of sulfone groups is 1. The molecule has 7 nitrogen and oxygen atoms in total. The number of benzene rings is 2. The van der Waals surface area contributed by atoms with Crippen LogP contribution in [-0.4, -0.2) is 46.1 Å². The second-order valence-electron chi connectivity index (χ2n) is 8.20. The number of rotatable bonds is 7. The number of piperidine rings is 1. The first-order valence-corrected chi connectivity index (χ1v) is 12.4. The maximum atomic E-state index is 13.5. The van der Waals surface area contributed by atoms with Crippen LogP contribution >= 0.6 is 0 Å². The zero-order valence-corrected chi connectivity index (χ0v) is 18.8. The zero-order valence-electron chi connectivity index (χ0n) is 17.9. The van der Waals surface area contributed by atoms with E-state index in [1.54, 1.807) is 19.1 Å². The fraction of sp³-hybridized carbons (Fsp3) is 0.435. The van der Waals surface area contributed by atoms with Crippen LogP contribution in [0.4, 0.5) is 4.39 Å². The molecule has 32 heavy (non-hydrogen) atoms. The van der Waals surface area contributed by atoms with Gasteiger partial charge in [0, 0.05) is 18.7 Å². The second-order valence-corrected chi connectivity index (χ2v) is 10.1. The van der Waals surface area contributed by atoms with Crippen LogP contribution in [0.5, 0.6) is 5.75 Å². The van der Waals surface area contributed by atoms with E-state index in [1.807, 2.05) is 0 Å². The van der Waals surface area contributed by atoms with E-state index in [2.05, 4.69) is 16.0 Å². The van der Waals surface area contributed by atoms with E-state index in [1.165, 1.54) is 18.2 Å². The Morgan fingerprint density at radius 2 is 2.00 bits per heavy atom. The van der Waals surface area contributed by atoms with Gasteiger partial charge in [-0.1, -0.05) is 12.1 Å². The van der Waals surface area contributed by atoms with Crippen LogP contribution in [0.2, 0.25) is 0 Å². The summed E-state index contributed by atoms with van der Waals surface area (Å²) in [6.07, 6.45) is 1.85. The van der Waals surface area contributed by atoms with Crippen molar-refractivity contribution in [1.82, 2.24) is 16.0 Å². The first-order valence-electron chi connectivity index (χ1n) is 10.9. The number of nitrogens with one attached hydrogen (secondary N) is 3. The highest BCUT2D eigenvalue weighted by Gasteiger charge is 2.38. The Morgan fingerprint density at radius 3 is 2.72 bits per heavy atom. The molecule has 2 heterocycles. The van der Waals surface area contributed by atoms with Gasteiger partial charge in [-0.25, -0.2) is 12.8 Å². The topological polar surface area (TPSA) is 96.5 Å². The smallest absolute Gasteiger partial charge is 0.237 e. The van der Waals surface area contributed by atoms with Crippen molar-refractivity contribution in [3.05, 3.63) is 53.8 Å². The highest BCUT2D eigenvalue weighted by atomic mass is 32.2. The minimum absolute atomic E-state index is 0.0105. The van der Waals surface area contributed by atoms with E-state index in [0.29, 0.717) is 18.5 Å². The molecule has 2 saturated heterocycles. The fourth-order valence-corrected chi connectivity index (χ4v) is 5.78. The molecule has 4 rings (SSSR count). The SMILES string of the molecule is CCOc1cc(F)ccc1S(=O)(=O)c1ccc(CNC(=O)C2CC3CNCCC3N2)cc1. The lowest BCUT2D eigenvalue weighted by Crippen LogP contribution is -2.45. The normalized spacial score (nSPS) is 22.9. The van der Waals surface area contributed by atoms with Crippen molar-refractivity contribution in [3.63, 3.8) is 0 Å². The molecule has 3 N–H and O–H groups in total. The molecule has 2 aliphatic rings. The summed E-state index contributed by atoms with van der Waals surface area (Å²) in [6.45, 7) is 4.15. The monoisotopic (exact) mass is 461 g/mol. The second kappa shape index (κ2) is 9.56. The third-order valence-electron chi connectivity index (χ3n) is 6.07. The van der Waals surface area contributed by atoms with Gasteiger partial charge in [0.15, 0.2) is 0 Å². The summed E-state index contributed by atoms with van der Waals surface area (Å²) in [7, 11) is -3.88. The van der Waals surface area contributed by atoms with Crippen molar-refractivity contribution in [2.75, 3.05) is 19.7 Å². The summed E-state index contributed by atoms with van der Waals surface area (Å²) >= 11 is 0. The molecule has 2 aliphatic heterocycles. The van der Waals surface area contributed by atoms with Gasteiger partial charge in [0.25, 0.3) is 0 Å². The molecule has 0 spiro atoms. The molecular weight excluding hydrogens is 433 g/mol. The molecule has 2 aromatic rings. The number of hydrogen-bond acceptors (Lipinski definition) is 6. The predicted octanol–water partition coefficient (Wildman–Crippen LogP) is 2.01. The van der Waals surface area contributed by atoms with Gasteiger partial charge in [0.05, 0.1) is 17.5 Å². The van der Waals surface area contributed by atoms with Crippen LogP contribution in [0.3, 0.4) is 0 Å². The van der Waals surface area contributed by atoms with E-state index in [4.69, 9.17) is 4.74 Å². The number of hydrogen-bond donors (Lipinski definition) is 3. The van der Waals surface area contributed by atoms with Gasteiger partial charge in [-0.3, -0.25) is 4.79 Å².